The topological polar surface area (TPSA) is 76.4 Å². The minimum absolute atomic E-state index is 0.0820. The van der Waals surface area contributed by atoms with Gasteiger partial charge in [-0.15, -0.1) is 0 Å². The van der Waals surface area contributed by atoms with Crippen LogP contribution in [0.1, 0.15) is 30.9 Å². The average molecular weight is 287 g/mol. The smallest absolute Gasteiger partial charge is 0.317 e. The van der Waals surface area contributed by atoms with Crippen molar-refractivity contribution in [2.24, 2.45) is 5.92 Å². The number of nitrogens with one attached hydrogen (secondary N) is 1. The first-order chi connectivity index (χ1) is 10.1. The second kappa shape index (κ2) is 7.09. The molecule has 2 rings (SSSR count). The van der Waals surface area contributed by atoms with Crippen LogP contribution in [0.2, 0.25) is 0 Å². The molecule has 1 heterocycles. The molecule has 5 nitrogen and oxygen atoms in total. The van der Waals surface area contributed by atoms with Crippen molar-refractivity contribution in [1.82, 2.24) is 10.2 Å². The third-order valence-corrected chi connectivity index (χ3v) is 4.01. The van der Waals surface area contributed by atoms with Gasteiger partial charge in [-0.2, -0.15) is 5.26 Å². The van der Waals surface area contributed by atoms with Crippen LogP contribution in [-0.2, 0) is 6.54 Å². The summed E-state index contributed by atoms with van der Waals surface area (Å²) in [4.78, 5) is 13.9. The molecule has 1 aliphatic rings. The molecular formula is C16H21N3O2. The number of piperidine rings is 1. The molecule has 1 aromatic carbocycles. The number of rotatable bonds is 3. The van der Waals surface area contributed by atoms with Crippen LogP contribution < -0.4 is 5.32 Å². The van der Waals surface area contributed by atoms with Gasteiger partial charge >= 0.3 is 6.03 Å². The lowest BCUT2D eigenvalue weighted by Crippen LogP contribution is -2.45. The summed E-state index contributed by atoms with van der Waals surface area (Å²) in [6.45, 7) is 3.59. The van der Waals surface area contributed by atoms with Crippen LogP contribution in [-0.4, -0.2) is 35.2 Å². The highest BCUT2D eigenvalue weighted by molar-refractivity contribution is 5.74. The van der Waals surface area contributed by atoms with Crippen molar-refractivity contribution < 1.29 is 9.90 Å². The predicted molar refractivity (Wildman–Crippen MR) is 79.4 cm³/mol. The maximum Gasteiger partial charge on any atom is 0.317 e. The normalized spacial score (nSPS) is 17.1. The molecular weight excluding hydrogens is 266 g/mol. The lowest BCUT2D eigenvalue weighted by atomic mass is 9.92. The van der Waals surface area contributed by atoms with Gasteiger partial charge in [-0.25, -0.2) is 4.79 Å². The predicted octanol–water partition coefficient (Wildman–Crippen LogP) is 1.86. The summed E-state index contributed by atoms with van der Waals surface area (Å²) >= 11 is 0. The maximum absolute atomic E-state index is 12.1. The zero-order valence-electron chi connectivity index (χ0n) is 12.2. The standard InChI is InChI=1S/C16H21N3O2/c1-12(20)15-5-7-19(8-6-15)16(21)18-11-14-4-2-3-13(9-14)10-17/h2-4,9,12,15,20H,5-8,11H2,1H3,(H,18,21). The first kappa shape index (κ1) is 15.3. The summed E-state index contributed by atoms with van der Waals surface area (Å²) in [6.07, 6.45) is 1.38. The molecule has 0 radical (unpaired) electrons. The number of urea groups is 1. The molecule has 0 bridgehead atoms. The quantitative estimate of drug-likeness (QED) is 0.891. The second-order valence-corrected chi connectivity index (χ2v) is 5.54. The van der Waals surface area contributed by atoms with Crippen molar-refractivity contribution in [3.05, 3.63) is 35.4 Å². The van der Waals surface area contributed by atoms with Crippen molar-refractivity contribution >= 4 is 6.03 Å². The van der Waals surface area contributed by atoms with Gasteiger partial charge < -0.3 is 15.3 Å². The molecule has 0 aliphatic carbocycles. The number of likely N-dealkylation sites (tertiary alicyclic amines) is 1. The van der Waals surface area contributed by atoms with Gasteiger partial charge in [0.2, 0.25) is 0 Å². The van der Waals surface area contributed by atoms with Crippen molar-refractivity contribution in [1.29, 1.82) is 5.26 Å². The van der Waals surface area contributed by atoms with Crippen LogP contribution in [0, 0.1) is 17.2 Å². The molecule has 1 saturated heterocycles. The molecule has 1 unspecified atom stereocenters. The van der Waals surface area contributed by atoms with Crippen molar-refractivity contribution in [3.63, 3.8) is 0 Å². The van der Waals surface area contributed by atoms with E-state index in [-0.39, 0.29) is 12.1 Å². The minimum Gasteiger partial charge on any atom is -0.393 e. The molecule has 0 spiro atoms. The third kappa shape index (κ3) is 4.20. The largest absolute Gasteiger partial charge is 0.393 e. The molecule has 1 atom stereocenters. The lowest BCUT2D eigenvalue weighted by Gasteiger charge is -2.33. The average Bonchev–Trinajstić information content (AvgIpc) is 2.53. The van der Waals surface area contributed by atoms with E-state index in [2.05, 4.69) is 11.4 Å². The van der Waals surface area contributed by atoms with Crippen LogP contribution in [0.4, 0.5) is 4.79 Å². The molecule has 1 aliphatic heterocycles. The maximum atomic E-state index is 12.1. The van der Waals surface area contributed by atoms with E-state index in [0.29, 0.717) is 31.1 Å². The molecule has 2 amide bonds. The summed E-state index contributed by atoms with van der Waals surface area (Å²) in [5, 5.41) is 21.3. The van der Waals surface area contributed by atoms with Crippen molar-refractivity contribution in [2.75, 3.05) is 13.1 Å². The molecule has 2 N–H and O–H groups in total. The molecule has 21 heavy (non-hydrogen) atoms. The number of carbonyl (C=O) groups is 1. The fourth-order valence-electron chi connectivity index (χ4n) is 2.63. The van der Waals surface area contributed by atoms with Gasteiger partial charge in [0.1, 0.15) is 0 Å². The number of hydrogen-bond donors (Lipinski definition) is 2. The molecule has 1 fully saturated rings. The van der Waals surface area contributed by atoms with Crippen molar-refractivity contribution in [3.8, 4) is 6.07 Å². The Balaban J connectivity index is 1.81. The highest BCUT2D eigenvalue weighted by Crippen LogP contribution is 2.20. The van der Waals surface area contributed by atoms with E-state index in [1.165, 1.54) is 0 Å². The fraction of sp³-hybridized carbons (Fsp3) is 0.500. The Labute approximate surface area is 125 Å². The Bertz CT molecular complexity index is 529. The van der Waals surface area contributed by atoms with Crippen molar-refractivity contribution in [2.45, 2.75) is 32.4 Å². The number of aliphatic hydroxyl groups excluding tert-OH is 1. The minimum atomic E-state index is -0.302. The zero-order valence-corrected chi connectivity index (χ0v) is 12.2. The van der Waals surface area contributed by atoms with Crippen LogP contribution in [0.25, 0.3) is 0 Å². The number of nitriles is 1. The zero-order chi connectivity index (χ0) is 15.2. The van der Waals surface area contributed by atoms with Crippen LogP contribution in [0.5, 0.6) is 0 Å². The van der Waals surface area contributed by atoms with Crippen LogP contribution in [0.3, 0.4) is 0 Å². The third-order valence-electron chi connectivity index (χ3n) is 4.01. The molecule has 112 valence electrons. The molecule has 0 aromatic heterocycles. The Morgan fingerprint density at radius 1 is 1.52 bits per heavy atom. The summed E-state index contributed by atoms with van der Waals surface area (Å²) in [7, 11) is 0. The van der Waals surface area contributed by atoms with Gasteiger partial charge in [0.05, 0.1) is 17.7 Å². The highest BCUT2D eigenvalue weighted by atomic mass is 16.3. The Morgan fingerprint density at radius 2 is 2.24 bits per heavy atom. The number of hydrogen-bond acceptors (Lipinski definition) is 3. The van der Waals surface area contributed by atoms with E-state index in [9.17, 15) is 9.90 Å². The number of nitrogens with zero attached hydrogens (tertiary/aromatic N) is 2. The summed E-state index contributed by atoms with van der Waals surface area (Å²) in [5.41, 5.74) is 1.51. The second-order valence-electron chi connectivity index (χ2n) is 5.54. The number of carbonyl (C=O) groups excluding carboxylic acids is 1. The molecule has 1 aromatic rings. The van der Waals surface area contributed by atoms with Gasteiger partial charge in [0.25, 0.3) is 0 Å². The van der Waals surface area contributed by atoms with Gasteiger partial charge in [0, 0.05) is 19.6 Å². The first-order valence-corrected chi connectivity index (χ1v) is 7.30. The van der Waals surface area contributed by atoms with Gasteiger partial charge in [-0.05, 0) is 43.4 Å². The fourth-order valence-corrected chi connectivity index (χ4v) is 2.63. The van der Waals surface area contributed by atoms with Gasteiger partial charge in [-0.3, -0.25) is 0 Å². The Hall–Kier alpha value is -2.06. The SMILES string of the molecule is CC(O)C1CCN(C(=O)NCc2cccc(C#N)c2)CC1. The first-order valence-electron chi connectivity index (χ1n) is 7.30. The number of benzene rings is 1. The van der Waals surface area contributed by atoms with Crippen LogP contribution >= 0.6 is 0 Å². The van der Waals surface area contributed by atoms with E-state index in [1.807, 2.05) is 19.1 Å². The van der Waals surface area contributed by atoms with E-state index >= 15 is 0 Å². The Morgan fingerprint density at radius 3 is 2.86 bits per heavy atom. The van der Waals surface area contributed by atoms with E-state index < -0.39 is 0 Å². The monoisotopic (exact) mass is 287 g/mol. The highest BCUT2D eigenvalue weighted by Gasteiger charge is 2.25. The summed E-state index contributed by atoms with van der Waals surface area (Å²) < 4.78 is 0. The summed E-state index contributed by atoms with van der Waals surface area (Å²) in [5.74, 6) is 0.293. The van der Waals surface area contributed by atoms with E-state index in [1.54, 1.807) is 17.0 Å². The molecule has 0 saturated carbocycles. The van der Waals surface area contributed by atoms with Gasteiger partial charge in [0.15, 0.2) is 0 Å². The van der Waals surface area contributed by atoms with Gasteiger partial charge in [-0.1, -0.05) is 12.1 Å². The number of amides is 2. The van der Waals surface area contributed by atoms with E-state index in [0.717, 1.165) is 18.4 Å². The summed E-state index contributed by atoms with van der Waals surface area (Å²) in [6, 6.07) is 9.23. The lowest BCUT2D eigenvalue weighted by molar-refractivity contribution is 0.0798. The van der Waals surface area contributed by atoms with Crippen LogP contribution in [0.15, 0.2) is 24.3 Å². The Kier molecular flexibility index (Phi) is 5.18. The molecule has 5 heteroatoms. The number of aliphatic hydroxyl groups is 1. The van der Waals surface area contributed by atoms with E-state index in [4.69, 9.17) is 5.26 Å².